The predicted molar refractivity (Wildman–Crippen MR) is 51.9 cm³/mol. The molecule has 82 valence electrons. The zero-order chi connectivity index (χ0) is 10.8. The van der Waals surface area contributed by atoms with E-state index in [4.69, 9.17) is 15.0 Å². The first-order valence-electron chi connectivity index (χ1n) is 4.90. The molecule has 0 saturated carbocycles. The van der Waals surface area contributed by atoms with Crippen molar-refractivity contribution < 1.29 is 14.6 Å². The molecule has 2 heterocycles. The molecule has 5 atom stereocenters. The Kier molecular flexibility index (Phi) is 2.93. The van der Waals surface area contributed by atoms with Gasteiger partial charge in [0, 0.05) is 10.8 Å². The van der Waals surface area contributed by atoms with E-state index in [0.29, 0.717) is 6.61 Å². The molecule has 6 nitrogen and oxygen atoms in total. The van der Waals surface area contributed by atoms with Crippen molar-refractivity contribution in [2.75, 3.05) is 6.61 Å². The van der Waals surface area contributed by atoms with Crippen LogP contribution in [0.15, 0.2) is 17.3 Å². The van der Waals surface area contributed by atoms with E-state index in [1.807, 2.05) is 19.1 Å². The van der Waals surface area contributed by atoms with Crippen molar-refractivity contribution in [3.8, 4) is 0 Å². The van der Waals surface area contributed by atoms with E-state index < -0.39 is 18.4 Å². The maximum absolute atomic E-state index is 10.00. The van der Waals surface area contributed by atoms with Crippen molar-refractivity contribution in [1.29, 1.82) is 0 Å². The summed E-state index contributed by atoms with van der Waals surface area (Å²) in [6.45, 7) is 2.31. The summed E-state index contributed by atoms with van der Waals surface area (Å²) in [6, 6.07) is -0.657. The Hall–Kier alpha value is -1.07. The number of rotatable bonds is 2. The first-order chi connectivity index (χ1) is 7.27. The van der Waals surface area contributed by atoms with E-state index in [9.17, 15) is 5.11 Å². The highest BCUT2D eigenvalue weighted by atomic mass is 16.7. The maximum atomic E-state index is 10.00. The number of allylic oxidation sites excluding steroid dienone is 1. The summed E-state index contributed by atoms with van der Waals surface area (Å²) < 4.78 is 10.8. The molecule has 0 spiro atoms. The van der Waals surface area contributed by atoms with E-state index in [2.05, 4.69) is 10.0 Å². The van der Waals surface area contributed by atoms with Gasteiger partial charge in [-0.05, 0) is 12.5 Å². The fraction of sp³-hybridized carbons (Fsp3) is 0.778. The second-order valence-electron chi connectivity index (χ2n) is 3.67. The largest absolute Gasteiger partial charge is 0.392 e. The van der Waals surface area contributed by atoms with Crippen LogP contribution < -0.4 is 0 Å². The van der Waals surface area contributed by atoms with Gasteiger partial charge in [-0.3, -0.25) is 0 Å². The number of nitrogens with zero attached hydrogens (tertiary/aromatic N) is 3. The van der Waals surface area contributed by atoms with E-state index in [1.165, 1.54) is 0 Å². The zero-order valence-corrected chi connectivity index (χ0v) is 8.35. The van der Waals surface area contributed by atoms with Crippen LogP contribution in [-0.2, 0) is 9.47 Å². The Morgan fingerprint density at radius 3 is 3.07 bits per heavy atom. The van der Waals surface area contributed by atoms with Gasteiger partial charge in [0.15, 0.2) is 6.29 Å². The van der Waals surface area contributed by atoms with Crippen LogP contribution in [0, 0.1) is 5.92 Å². The molecular formula is C9H13N3O3. The normalized spacial score (nSPS) is 44.3. The van der Waals surface area contributed by atoms with Crippen LogP contribution in [0.4, 0.5) is 0 Å². The molecule has 2 unspecified atom stereocenters. The van der Waals surface area contributed by atoms with E-state index in [1.54, 1.807) is 0 Å². The first kappa shape index (κ1) is 10.4. The maximum Gasteiger partial charge on any atom is 0.169 e. The van der Waals surface area contributed by atoms with Crippen LogP contribution in [0.5, 0.6) is 0 Å². The molecule has 0 radical (unpaired) electrons. The molecule has 15 heavy (non-hydrogen) atoms. The van der Waals surface area contributed by atoms with Gasteiger partial charge in [-0.2, -0.15) is 0 Å². The molecule has 0 aliphatic carbocycles. The molecule has 6 heteroatoms. The van der Waals surface area contributed by atoms with Gasteiger partial charge in [0.25, 0.3) is 0 Å². The second-order valence-corrected chi connectivity index (χ2v) is 3.67. The number of aliphatic hydroxyl groups excluding tert-OH is 1. The highest BCUT2D eigenvalue weighted by molar-refractivity contribution is 5.04. The standard InChI is InChI=1S/C9H13N3O3/c1-2-3-5-6-4-14-9(15-6)7(8(5)13)11-12-10/h2-3,5-9,13H,4H2,1H3/t5-,6?,7+,8?,9-/m1/s1. The third kappa shape index (κ3) is 1.72. The average Bonchev–Trinajstić information content (AvgIpc) is 2.65. The molecule has 2 bridgehead atoms. The average molecular weight is 211 g/mol. The van der Waals surface area contributed by atoms with Crippen molar-refractivity contribution in [2.45, 2.75) is 31.5 Å². The number of aliphatic hydroxyl groups is 1. The quantitative estimate of drug-likeness (QED) is 0.319. The summed E-state index contributed by atoms with van der Waals surface area (Å²) >= 11 is 0. The topological polar surface area (TPSA) is 87.5 Å². The lowest BCUT2D eigenvalue weighted by molar-refractivity contribution is -0.146. The van der Waals surface area contributed by atoms with E-state index >= 15 is 0 Å². The molecule has 0 amide bonds. The van der Waals surface area contributed by atoms with Gasteiger partial charge in [0.05, 0.1) is 18.8 Å². The lowest BCUT2D eigenvalue weighted by atomic mass is 9.89. The van der Waals surface area contributed by atoms with Gasteiger partial charge in [-0.1, -0.05) is 17.3 Å². The SMILES string of the molecule is CC=C[C@@H]1C2CO[C@H](O2)[C@@H](N=[N+]=[N-])C1O. The summed E-state index contributed by atoms with van der Waals surface area (Å²) in [6.07, 6.45) is 2.25. The highest BCUT2D eigenvalue weighted by Gasteiger charge is 2.48. The molecular weight excluding hydrogens is 198 g/mol. The summed E-state index contributed by atoms with van der Waals surface area (Å²) in [5.41, 5.74) is 8.40. The van der Waals surface area contributed by atoms with E-state index in [0.717, 1.165) is 0 Å². The van der Waals surface area contributed by atoms with Crippen LogP contribution in [-0.4, -0.2) is 36.3 Å². The summed E-state index contributed by atoms with van der Waals surface area (Å²) in [5, 5.41) is 13.5. The first-order valence-corrected chi connectivity index (χ1v) is 4.90. The fourth-order valence-electron chi connectivity index (χ4n) is 2.07. The monoisotopic (exact) mass is 211 g/mol. The van der Waals surface area contributed by atoms with Crippen LogP contribution in [0.2, 0.25) is 0 Å². The molecule has 0 aromatic heterocycles. The smallest absolute Gasteiger partial charge is 0.169 e. The molecule has 2 fully saturated rings. The van der Waals surface area contributed by atoms with Crippen molar-refractivity contribution in [3.63, 3.8) is 0 Å². The Morgan fingerprint density at radius 2 is 2.40 bits per heavy atom. The Labute approximate surface area is 87.1 Å². The minimum absolute atomic E-state index is 0.133. The van der Waals surface area contributed by atoms with Crippen LogP contribution in [0.1, 0.15) is 6.92 Å². The summed E-state index contributed by atoms with van der Waals surface area (Å²) in [4.78, 5) is 2.70. The Morgan fingerprint density at radius 1 is 1.60 bits per heavy atom. The summed E-state index contributed by atoms with van der Waals surface area (Å²) in [7, 11) is 0. The minimum Gasteiger partial charge on any atom is -0.392 e. The predicted octanol–water partition coefficient (Wildman–Crippen LogP) is 0.974. The van der Waals surface area contributed by atoms with Crippen molar-refractivity contribution >= 4 is 0 Å². The van der Waals surface area contributed by atoms with Gasteiger partial charge in [0.1, 0.15) is 6.04 Å². The molecule has 0 aromatic rings. The molecule has 1 N–H and O–H groups in total. The summed E-state index contributed by atoms with van der Waals surface area (Å²) in [5.74, 6) is -0.163. The third-order valence-electron chi connectivity index (χ3n) is 2.79. The third-order valence-corrected chi connectivity index (χ3v) is 2.79. The fourth-order valence-corrected chi connectivity index (χ4v) is 2.07. The number of fused-ring (bicyclic) bond motifs is 2. The molecule has 0 aromatic carbocycles. The Balaban J connectivity index is 2.23. The van der Waals surface area contributed by atoms with Crippen molar-refractivity contribution in [1.82, 2.24) is 0 Å². The lowest BCUT2D eigenvalue weighted by Gasteiger charge is -2.34. The van der Waals surface area contributed by atoms with Crippen LogP contribution in [0.3, 0.4) is 0 Å². The van der Waals surface area contributed by atoms with Crippen LogP contribution in [0.25, 0.3) is 10.4 Å². The highest BCUT2D eigenvalue weighted by Crippen LogP contribution is 2.34. The number of ether oxygens (including phenoxy) is 2. The Bertz CT molecular complexity index is 314. The van der Waals surface area contributed by atoms with Crippen molar-refractivity contribution in [2.24, 2.45) is 11.0 Å². The number of hydrogen-bond donors (Lipinski definition) is 1. The van der Waals surface area contributed by atoms with E-state index in [-0.39, 0.29) is 12.0 Å². The minimum atomic E-state index is -0.733. The number of azide groups is 1. The second kappa shape index (κ2) is 4.20. The molecule has 2 rings (SSSR count). The van der Waals surface area contributed by atoms with Gasteiger partial charge < -0.3 is 14.6 Å². The lowest BCUT2D eigenvalue weighted by Crippen LogP contribution is -2.48. The molecule has 2 aliphatic heterocycles. The zero-order valence-electron chi connectivity index (χ0n) is 8.35. The van der Waals surface area contributed by atoms with Gasteiger partial charge in [-0.15, -0.1) is 0 Å². The number of hydrogen-bond acceptors (Lipinski definition) is 4. The van der Waals surface area contributed by atoms with Gasteiger partial charge in [0.2, 0.25) is 0 Å². The molecule has 2 aliphatic rings. The van der Waals surface area contributed by atoms with Crippen LogP contribution >= 0.6 is 0 Å². The molecule has 2 saturated heterocycles. The van der Waals surface area contributed by atoms with Gasteiger partial charge >= 0.3 is 0 Å². The van der Waals surface area contributed by atoms with Gasteiger partial charge in [-0.25, -0.2) is 0 Å². The van der Waals surface area contributed by atoms with Crippen molar-refractivity contribution in [3.05, 3.63) is 22.6 Å².